The van der Waals surface area contributed by atoms with Crippen molar-refractivity contribution in [2.24, 2.45) is 0 Å². The molecule has 1 fully saturated rings. The molecule has 1 heterocycles. The Balaban J connectivity index is 1.53. The Morgan fingerprint density at radius 3 is 2.63 bits per heavy atom. The van der Waals surface area contributed by atoms with Crippen molar-refractivity contribution in [3.63, 3.8) is 0 Å². The largest absolute Gasteiger partial charge is 0.322 e. The highest BCUT2D eigenvalue weighted by Crippen LogP contribution is 2.36. The molecule has 0 atom stereocenters. The topological polar surface area (TPSA) is 116 Å². The van der Waals surface area contributed by atoms with Crippen LogP contribution in [0, 0.1) is 13.7 Å². The molecule has 0 saturated heterocycles. The van der Waals surface area contributed by atoms with Gasteiger partial charge in [0.2, 0.25) is 0 Å². The zero-order chi connectivity index (χ0) is 19.0. The van der Waals surface area contributed by atoms with Crippen molar-refractivity contribution >= 4 is 39.9 Å². The number of carbonyl (C=O) groups is 1. The molecule has 0 spiro atoms. The van der Waals surface area contributed by atoms with E-state index in [1.807, 2.05) is 39.4 Å². The van der Waals surface area contributed by atoms with Gasteiger partial charge in [0, 0.05) is 27.0 Å². The zero-order valence-electron chi connectivity index (χ0n) is 13.9. The summed E-state index contributed by atoms with van der Waals surface area (Å²) in [4.78, 5) is 22.9. The number of nitro groups is 1. The zero-order valence-corrected chi connectivity index (χ0v) is 16.0. The summed E-state index contributed by atoms with van der Waals surface area (Å²) in [6, 6.07) is 11.7. The maximum atomic E-state index is 12.5. The fourth-order valence-corrected chi connectivity index (χ4v) is 3.23. The summed E-state index contributed by atoms with van der Waals surface area (Å²) in [7, 11) is 0. The second-order valence-corrected chi connectivity index (χ2v) is 7.29. The maximum Gasteiger partial charge on any atom is 0.270 e. The molecule has 4 rings (SSSR count). The highest BCUT2D eigenvalue weighted by molar-refractivity contribution is 14.1. The van der Waals surface area contributed by atoms with E-state index in [2.05, 4.69) is 20.8 Å². The number of halogens is 1. The van der Waals surface area contributed by atoms with Crippen LogP contribution < -0.4 is 5.32 Å². The molecule has 0 bridgehead atoms. The minimum Gasteiger partial charge on any atom is -0.322 e. The number of carbonyl (C=O) groups excluding carboxylic acids is 1. The van der Waals surface area contributed by atoms with Crippen LogP contribution >= 0.6 is 22.6 Å². The van der Waals surface area contributed by atoms with E-state index in [-0.39, 0.29) is 11.3 Å². The number of nitrogens with zero attached hydrogens (tertiary/aromatic N) is 5. The Morgan fingerprint density at radius 1 is 1.22 bits per heavy atom. The van der Waals surface area contributed by atoms with Crippen molar-refractivity contribution in [3.8, 4) is 11.4 Å². The molecule has 1 amide bonds. The summed E-state index contributed by atoms with van der Waals surface area (Å²) >= 11 is 1.98. The third-order valence-corrected chi connectivity index (χ3v) is 5.13. The minimum absolute atomic E-state index is 0.122. The van der Waals surface area contributed by atoms with Crippen LogP contribution in [0.25, 0.3) is 11.4 Å². The first-order valence-corrected chi connectivity index (χ1v) is 9.24. The van der Waals surface area contributed by atoms with Gasteiger partial charge in [-0.15, -0.1) is 5.10 Å². The van der Waals surface area contributed by atoms with E-state index in [0.29, 0.717) is 21.1 Å². The summed E-state index contributed by atoms with van der Waals surface area (Å²) in [6.07, 6.45) is 2.15. The van der Waals surface area contributed by atoms with Crippen LogP contribution in [0.15, 0.2) is 42.5 Å². The smallest absolute Gasteiger partial charge is 0.270 e. The molecule has 1 N–H and O–H groups in total. The van der Waals surface area contributed by atoms with Crippen molar-refractivity contribution in [3.05, 3.63) is 61.7 Å². The number of non-ortho nitro benzene ring substituents is 1. The van der Waals surface area contributed by atoms with E-state index < -0.39 is 10.8 Å². The molecule has 0 radical (unpaired) electrons. The van der Waals surface area contributed by atoms with Crippen LogP contribution in [-0.4, -0.2) is 31.0 Å². The lowest BCUT2D eigenvalue weighted by molar-refractivity contribution is -0.384. The van der Waals surface area contributed by atoms with Crippen LogP contribution in [0.1, 0.15) is 29.2 Å². The Kier molecular flexibility index (Phi) is 4.56. The minimum atomic E-state index is -0.522. The van der Waals surface area contributed by atoms with Gasteiger partial charge < -0.3 is 5.32 Å². The molecule has 3 aromatic rings. The Hall–Kier alpha value is -2.89. The van der Waals surface area contributed by atoms with Crippen LogP contribution in [0.4, 0.5) is 11.4 Å². The second kappa shape index (κ2) is 7.02. The number of benzene rings is 2. The van der Waals surface area contributed by atoms with Crippen molar-refractivity contribution < 1.29 is 9.72 Å². The van der Waals surface area contributed by atoms with Gasteiger partial charge in [0.25, 0.3) is 11.6 Å². The average Bonchev–Trinajstić information content (AvgIpc) is 3.39. The van der Waals surface area contributed by atoms with E-state index in [1.54, 1.807) is 18.2 Å². The molecule has 1 aromatic heterocycles. The first-order chi connectivity index (χ1) is 13.0. The molecule has 9 nitrogen and oxygen atoms in total. The van der Waals surface area contributed by atoms with Crippen molar-refractivity contribution in [2.45, 2.75) is 18.9 Å². The number of amides is 1. The molecule has 1 aliphatic carbocycles. The van der Waals surface area contributed by atoms with Gasteiger partial charge >= 0.3 is 0 Å². The third kappa shape index (κ3) is 3.65. The van der Waals surface area contributed by atoms with E-state index >= 15 is 0 Å². The number of tetrazole rings is 1. The van der Waals surface area contributed by atoms with Crippen LogP contribution in [0.5, 0.6) is 0 Å². The summed E-state index contributed by atoms with van der Waals surface area (Å²) in [5.41, 5.74) is 1.57. The van der Waals surface area contributed by atoms with E-state index in [4.69, 9.17) is 0 Å². The number of hydrogen-bond donors (Lipinski definition) is 1. The summed E-state index contributed by atoms with van der Waals surface area (Å²) in [5, 5.41) is 25.5. The van der Waals surface area contributed by atoms with Crippen molar-refractivity contribution in [1.29, 1.82) is 0 Å². The van der Waals surface area contributed by atoms with E-state index in [9.17, 15) is 14.9 Å². The van der Waals surface area contributed by atoms with Crippen LogP contribution in [0.2, 0.25) is 0 Å². The predicted molar refractivity (Wildman–Crippen MR) is 105 cm³/mol. The van der Waals surface area contributed by atoms with Crippen molar-refractivity contribution in [1.82, 2.24) is 20.2 Å². The number of nitrogens with one attached hydrogen (secondary N) is 1. The number of anilines is 1. The standard InChI is InChI=1S/C17H13IN6O3/c18-15-8-7-13(24(26)27)9-14(15)17(25)19-11-3-1-10(2-4-11)16-20-21-22-23(16)12-5-6-12/h1-4,7-9,12H,5-6H2,(H,19,25). The molecule has 0 aliphatic heterocycles. The molecule has 2 aromatic carbocycles. The van der Waals surface area contributed by atoms with Gasteiger partial charge in [0.1, 0.15) is 0 Å². The lowest BCUT2D eigenvalue weighted by Gasteiger charge is -2.08. The van der Waals surface area contributed by atoms with Crippen molar-refractivity contribution in [2.75, 3.05) is 5.32 Å². The lowest BCUT2D eigenvalue weighted by Crippen LogP contribution is -2.13. The van der Waals surface area contributed by atoms with Crippen LogP contribution in [-0.2, 0) is 0 Å². The highest BCUT2D eigenvalue weighted by atomic mass is 127. The first-order valence-electron chi connectivity index (χ1n) is 8.16. The second-order valence-electron chi connectivity index (χ2n) is 6.13. The van der Waals surface area contributed by atoms with Gasteiger partial charge in [-0.25, -0.2) is 4.68 Å². The van der Waals surface area contributed by atoms with Gasteiger partial charge in [0.15, 0.2) is 5.82 Å². The van der Waals surface area contributed by atoms with Gasteiger partial charge in [0.05, 0.1) is 16.5 Å². The molecular formula is C17H13IN6O3. The third-order valence-electron chi connectivity index (χ3n) is 4.19. The molecule has 136 valence electrons. The van der Waals surface area contributed by atoms with E-state index in [0.717, 1.165) is 18.4 Å². The lowest BCUT2D eigenvalue weighted by atomic mass is 10.1. The quantitative estimate of drug-likeness (QED) is 0.343. The SMILES string of the molecule is O=C(Nc1ccc(-c2nnnn2C2CC2)cc1)c1cc([N+](=O)[O-])ccc1I. The number of hydrogen-bond acceptors (Lipinski definition) is 6. The fourth-order valence-electron chi connectivity index (χ4n) is 2.65. The summed E-state index contributed by atoms with van der Waals surface area (Å²) in [6.45, 7) is 0. The molecular weight excluding hydrogens is 463 g/mol. The van der Waals surface area contributed by atoms with Gasteiger partial charge in [-0.2, -0.15) is 0 Å². The van der Waals surface area contributed by atoms with Crippen LogP contribution in [0.3, 0.4) is 0 Å². The normalized spacial score (nSPS) is 13.4. The number of nitro benzene ring substituents is 1. The average molecular weight is 476 g/mol. The summed E-state index contributed by atoms with van der Waals surface area (Å²) in [5.74, 6) is 0.294. The molecule has 1 saturated carbocycles. The first kappa shape index (κ1) is 17.5. The monoisotopic (exact) mass is 476 g/mol. The summed E-state index contributed by atoms with van der Waals surface area (Å²) < 4.78 is 2.45. The fraction of sp³-hybridized carbons (Fsp3) is 0.176. The van der Waals surface area contributed by atoms with Gasteiger partial charge in [-0.05, 0) is 76.2 Å². The molecule has 1 aliphatic rings. The maximum absolute atomic E-state index is 12.5. The molecule has 27 heavy (non-hydrogen) atoms. The Bertz CT molecular complexity index is 1030. The number of rotatable bonds is 5. The Labute approximate surface area is 167 Å². The highest BCUT2D eigenvalue weighted by Gasteiger charge is 2.28. The molecule has 10 heteroatoms. The molecule has 0 unspecified atom stereocenters. The van der Waals surface area contributed by atoms with E-state index in [1.165, 1.54) is 12.1 Å². The Morgan fingerprint density at radius 2 is 1.96 bits per heavy atom. The van der Waals surface area contributed by atoms with Gasteiger partial charge in [-0.3, -0.25) is 14.9 Å². The number of aromatic nitrogens is 4. The predicted octanol–water partition coefficient (Wildman–Crippen LogP) is 3.44. The van der Waals surface area contributed by atoms with Gasteiger partial charge in [-0.1, -0.05) is 0 Å².